The average Bonchev–Trinajstić information content (AvgIpc) is 2.24. The fourth-order valence-corrected chi connectivity index (χ4v) is 1.19. The highest BCUT2D eigenvalue weighted by molar-refractivity contribution is 7.80. The van der Waals surface area contributed by atoms with E-state index in [1.807, 2.05) is 0 Å². The summed E-state index contributed by atoms with van der Waals surface area (Å²) < 4.78 is 0. The first kappa shape index (κ1) is 15.8. The van der Waals surface area contributed by atoms with E-state index in [-0.39, 0.29) is 5.91 Å². The van der Waals surface area contributed by atoms with Gasteiger partial charge in [-0.15, -0.1) is 0 Å². The molecule has 0 aliphatic carbocycles. The molecule has 0 aliphatic rings. The van der Waals surface area contributed by atoms with Crippen molar-refractivity contribution in [2.75, 3.05) is 20.1 Å². The van der Waals surface area contributed by atoms with E-state index in [2.05, 4.69) is 10.6 Å². The summed E-state index contributed by atoms with van der Waals surface area (Å²) in [6.45, 7) is 4.56. The molecule has 0 spiro atoms. The largest absolute Gasteiger partial charge is 0.393 e. The Morgan fingerprint density at radius 3 is 2.53 bits per heavy atom. The number of hydrogen-bond acceptors (Lipinski definition) is 4. The molecule has 0 heterocycles. The van der Waals surface area contributed by atoms with Crippen LogP contribution in [0.15, 0.2) is 0 Å². The summed E-state index contributed by atoms with van der Waals surface area (Å²) in [4.78, 5) is 25.0. The average molecular weight is 260 g/mol. The zero-order valence-electron chi connectivity index (χ0n) is 10.4. The highest BCUT2D eigenvalue weighted by atomic mass is 32.1. The van der Waals surface area contributed by atoms with Crippen molar-refractivity contribution in [2.24, 2.45) is 5.73 Å². The van der Waals surface area contributed by atoms with Gasteiger partial charge in [-0.3, -0.25) is 15.0 Å². The standard InChI is InChI=1S/C10H20N4O2S/c1-4-12-10(16)13-9(15)7(2)14(3)6-5-8(11)17/h7H,4-6H2,1-3H3,(H2,11,17)(H2,12,13,15,16). The van der Waals surface area contributed by atoms with Crippen molar-refractivity contribution in [3.05, 3.63) is 0 Å². The molecule has 0 fully saturated rings. The van der Waals surface area contributed by atoms with Gasteiger partial charge in [0.2, 0.25) is 5.91 Å². The third kappa shape index (κ3) is 6.85. The van der Waals surface area contributed by atoms with Gasteiger partial charge < -0.3 is 11.1 Å². The quantitative estimate of drug-likeness (QED) is 0.577. The zero-order chi connectivity index (χ0) is 13.4. The number of likely N-dealkylation sites (N-methyl/N-ethyl adjacent to an activating group) is 1. The van der Waals surface area contributed by atoms with Crippen LogP contribution in [0.4, 0.5) is 4.79 Å². The van der Waals surface area contributed by atoms with E-state index in [9.17, 15) is 9.59 Å². The number of nitrogens with two attached hydrogens (primary N) is 1. The van der Waals surface area contributed by atoms with Crippen LogP contribution in [0.3, 0.4) is 0 Å². The van der Waals surface area contributed by atoms with Crippen molar-refractivity contribution < 1.29 is 9.59 Å². The number of carbonyl (C=O) groups excluding carboxylic acids is 2. The lowest BCUT2D eigenvalue weighted by molar-refractivity contribution is -0.124. The zero-order valence-corrected chi connectivity index (χ0v) is 11.3. The number of carbonyl (C=O) groups is 2. The number of nitrogens with one attached hydrogen (secondary N) is 2. The third-order valence-electron chi connectivity index (χ3n) is 2.33. The Kier molecular flexibility index (Phi) is 7.40. The molecule has 7 heteroatoms. The van der Waals surface area contributed by atoms with E-state index in [4.69, 9.17) is 18.0 Å². The van der Waals surface area contributed by atoms with Gasteiger partial charge in [-0.25, -0.2) is 4.79 Å². The summed E-state index contributed by atoms with van der Waals surface area (Å²) in [5.74, 6) is -0.346. The number of hydrogen-bond donors (Lipinski definition) is 3. The SMILES string of the molecule is CCNC(=O)NC(=O)C(C)N(C)CCC(N)=S. The summed E-state index contributed by atoms with van der Waals surface area (Å²) >= 11 is 4.76. The topological polar surface area (TPSA) is 87.5 Å². The first-order valence-electron chi connectivity index (χ1n) is 5.45. The van der Waals surface area contributed by atoms with Crippen molar-refractivity contribution >= 4 is 29.1 Å². The fraction of sp³-hybridized carbons (Fsp3) is 0.700. The maximum absolute atomic E-state index is 11.6. The predicted molar refractivity (Wildman–Crippen MR) is 70.7 cm³/mol. The van der Waals surface area contributed by atoms with Crippen molar-refractivity contribution in [3.8, 4) is 0 Å². The minimum Gasteiger partial charge on any atom is -0.393 e. The van der Waals surface area contributed by atoms with Gasteiger partial charge in [0.15, 0.2) is 0 Å². The second-order valence-electron chi connectivity index (χ2n) is 3.72. The minimum atomic E-state index is -0.480. The molecule has 0 aromatic carbocycles. The Morgan fingerprint density at radius 2 is 2.06 bits per heavy atom. The molecule has 0 rings (SSSR count). The molecular weight excluding hydrogens is 240 g/mol. The molecule has 0 aromatic rings. The lowest BCUT2D eigenvalue weighted by Gasteiger charge is -2.23. The molecule has 4 N–H and O–H groups in total. The van der Waals surface area contributed by atoms with E-state index in [1.165, 1.54) is 0 Å². The smallest absolute Gasteiger partial charge is 0.321 e. The van der Waals surface area contributed by atoms with Gasteiger partial charge in [0.05, 0.1) is 11.0 Å². The van der Waals surface area contributed by atoms with Gasteiger partial charge in [0, 0.05) is 19.5 Å². The highest BCUT2D eigenvalue weighted by Gasteiger charge is 2.19. The number of urea groups is 1. The lowest BCUT2D eigenvalue weighted by atomic mass is 10.2. The van der Waals surface area contributed by atoms with Crippen molar-refractivity contribution in [1.82, 2.24) is 15.5 Å². The molecule has 0 aliphatic heterocycles. The molecule has 3 amide bonds. The minimum absolute atomic E-state index is 0.346. The van der Waals surface area contributed by atoms with Crippen molar-refractivity contribution in [1.29, 1.82) is 0 Å². The van der Waals surface area contributed by atoms with E-state index in [1.54, 1.807) is 25.8 Å². The van der Waals surface area contributed by atoms with Crippen molar-refractivity contribution in [2.45, 2.75) is 26.3 Å². The number of amides is 3. The molecule has 6 nitrogen and oxygen atoms in total. The molecular formula is C10H20N4O2S. The predicted octanol–water partition coefficient (Wildman–Crippen LogP) is -0.171. The van der Waals surface area contributed by atoms with Crippen LogP contribution >= 0.6 is 12.2 Å². The van der Waals surface area contributed by atoms with Gasteiger partial charge >= 0.3 is 6.03 Å². The summed E-state index contributed by atoms with van der Waals surface area (Å²) in [5.41, 5.74) is 5.38. The third-order valence-corrected chi connectivity index (χ3v) is 2.53. The Labute approximate surface area is 107 Å². The van der Waals surface area contributed by atoms with Gasteiger partial charge in [-0.1, -0.05) is 12.2 Å². The second-order valence-corrected chi connectivity index (χ2v) is 4.25. The summed E-state index contributed by atoms with van der Waals surface area (Å²) in [5, 5.41) is 4.74. The Balaban J connectivity index is 4.10. The Morgan fingerprint density at radius 1 is 1.47 bits per heavy atom. The Hall–Kier alpha value is -1.21. The molecule has 0 radical (unpaired) electrons. The van der Waals surface area contributed by atoms with E-state index < -0.39 is 12.1 Å². The van der Waals surface area contributed by atoms with Crippen LogP contribution in [-0.4, -0.2) is 48.0 Å². The summed E-state index contributed by atoms with van der Waals surface area (Å²) in [6.07, 6.45) is 0.546. The van der Waals surface area contributed by atoms with E-state index >= 15 is 0 Å². The van der Waals surface area contributed by atoms with Gasteiger partial charge in [0.25, 0.3) is 0 Å². The maximum Gasteiger partial charge on any atom is 0.321 e. The lowest BCUT2D eigenvalue weighted by Crippen LogP contribution is -2.48. The maximum atomic E-state index is 11.6. The first-order valence-corrected chi connectivity index (χ1v) is 5.86. The van der Waals surface area contributed by atoms with Crippen LogP contribution in [-0.2, 0) is 4.79 Å². The fourth-order valence-electron chi connectivity index (χ4n) is 1.10. The molecule has 0 saturated heterocycles. The van der Waals surface area contributed by atoms with Gasteiger partial charge in [0.1, 0.15) is 0 Å². The van der Waals surface area contributed by atoms with Crippen LogP contribution < -0.4 is 16.4 Å². The van der Waals surface area contributed by atoms with Crippen LogP contribution in [0.5, 0.6) is 0 Å². The van der Waals surface area contributed by atoms with Crippen LogP contribution in [0.2, 0.25) is 0 Å². The molecule has 0 saturated carbocycles. The molecule has 17 heavy (non-hydrogen) atoms. The van der Waals surface area contributed by atoms with Crippen molar-refractivity contribution in [3.63, 3.8) is 0 Å². The number of rotatable bonds is 6. The molecule has 98 valence electrons. The molecule has 0 aromatic heterocycles. The molecule has 1 unspecified atom stereocenters. The van der Waals surface area contributed by atoms with Crippen LogP contribution in [0.25, 0.3) is 0 Å². The Bertz CT molecular complexity index is 296. The van der Waals surface area contributed by atoms with E-state index in [0.29, 0.717) is 24.5 Å². The summed E-state index contributed by atoms with van der Waals surface area (Å²) in [6, 6.07) is -0.890. The molecule has 0 bridgehead atoms. The first-order chi connectivity index (χ1) is 7.88. The van der Waals surface area contributed by atoms with Crippen LogP contribution in [0, 0.1) is 0 Å². The highest BCUT2D eigenvalue weighted by Crippen LogP contribution is 1.97. The summed E-state index contributed by atoms with van der Waals surface area (Å²) in [7, 11) is 1.78. The second kappa shape index (κ2) is 7.97. The van der Waals surface area contributed by atoms with Crippen LogP contribution in [0.1, 0.15) is 20.3 Å². The number of imide groups is 1. The molecule has 1 atom stereocenters. The van der Waals surface area contributed by atoms with E-state index in [0.717, 1.165) is 0 Å². The van der Waals surface area contributed by atoms with Gasteiger partial charge in [-0.2, -0.15) is 0 Å². The normalized spacial score (nSPS) is 12.0. The number of thiocarbonyl (C=S) groups is 1. The number of nitrogens with zero attached hydrogens (tertiary/aromatic N) is 1. The van der Waals surface area contributed by atoms with Gasteiger partial charge in [-0.05, 0) is 20.9 Å². The monoisotopic (exact) mass is 260 g/mol.